The molecule has 144 valence electrons. The molecule has 2 amide bonds. The lowest BCUT2D eigenvalue weighted by molar-refractivity contribution is -0.136. The van der Waals surface area contributed by atoms with Crippen LogP contribution in [0, 0.1) is 0 Å². The first-order chi connectivity index (χ1) is 12.5. The number of nitrogens with zero attached hydrogens (tertiary/aromatic N) is 5. The molecule has 9 heteroatoms. The zero-order chi connectivity index (χ0) is 18.6. The largest absolute Gasteiger partial charge is 0.379 e. The SMILES string of the molecule is CC(C)(C(=O)N[C@H]1CCN(C(=O)CCn2cncn2)C1)N1CCOCC1. The number of carbonyl (C=O) groups excluding carboxylic acids is 2. The first kappa shape index (κ1) is 18.8. The fourth-order valence-electron chi connectivity index (χ4n) is 3.45. The van der Waals surface area contributed by atoms with E-state index in [-0.39, 0.29) is 17.9 Å². The minimum absolute atomic E-state index is 0.0122. The van der Waals surface area contributed by atoms with Crippen molar-refractivity contribution >= 4 is 11.8 Å². The maximum atomic E-state index is 12.8. The molecule has 1 N–H and O–H groups in total. The second kappa shape index (κ2) is 8.13. The number of hydrogen-bond acceptors (Lipinski definition) is 6. The molecule has 1 atom stereocenters. The number of likely N-dealkylation sites (tertiary alicyclic amines) is 1. The van der Waals surface area contributed by atoms with Gasteiger partial charge in [0.25, 0.3) is 0 Å². The Hall–Kier alpha value is -2.00. The molecule has 2 aliphatic rings. The van der Waals surface area contributed by atoms with Gasteiger partial charge in [-0.25, -0.2) is 4.98 Å². The predicted octanol–water partition coefficient (Wildman–Crippen LogP) is -0.504. The fraction of sp³-hybridized carbons (Fsp3) is 0.765. The van der Waals surface area contributed by atoms with Crippen LogP contribution in [0.3, 0.4) is 0 Å². The Labute approximate surface area is 153 Å². The van der Waals surface area contributed by atoms with Gasteiger partial charge in [0.15, 0.2) is 0 Å². The molecule has 1 aromatic rings. The van der Waals surface area contributed by atoms with Crippen molar-refractivity contribution in [2.75, 3.05) is 39.4 Å². The average molecular weight is 364 g/mol. The Kier molecular flexibility index (Phi) is 5.87. The van der Waals surface area contributed by atoms with E-state index in [0.29, 0.717) is 39.3 Å². The molecule has 0 spiro atoms. The van der Waals surface area contributed by atoms with E-state index in [4.69, 9.17) is 4.74 Å². The van der Waals surface area contributed by atoms with Crippen LogP contribution in [0.5, 0.6) is 0 Å². The summed E-state index contributed by atoms with van der Waals surface area (Å²) in [5, 5.41) is 7.13. The minimum Gasteiger partial charge on any atom is -0.379 e. The summed E-state index contributed by atoms with van der Waals surface area (Å²) in [6.45, 7) is 8.52. The molecule has 26 heavy (non-hydrogen) atoms. The van der Waals surface area contributed by atoms with Crippen LogP contribution in [0.4, 0.5) is 0 Å². The van der Waals surface area contributed by atoms with Gasteiger partial charge in [0, 0.05) is 38.6 Å². The first-order valence-electron chi connectivity index (χ1n) is 9.21. The van der Waals surface area contributed by atoms with Gasteiger partial charge >= 0.3 is 0 Å². The lowest BCUT2D eigenvalue weighted by atomic mass is 10.00. The van der Waals surface area contributed by atoms with E-state index >= 15 is 0 Å². The smallest absolute Gasteiger partial charge is 0.240 e. The molecule has 0 bridgehead atoms. The maximum absolute atomic E-state index is 12.8. The van der Waals surface area contributed by atoms with Crippen molar-refractivity contribution in [2.45, 2.75) is 44.8 Å². The fourth-order valence-corrected chi connectivity index (χ4v) is 3.45. The van der Waals surface area contributed by atoms with Gasteiger partial charge in [-0.2, -0.15) is 5.10 Å². The molecule has 3 rings (SSSR count). The summed E-state index contributed by atoms with van der Waals surface area (Å²) in [6.07, 6.45) is 4.25. The van der Waals surface area contributed by atoms with Crippen molar-refractivity contribution < 1.29 is 14.3 Å². The zero-order valence-electron chi connectivity index (χ0n) is 15.6. The summed E-state index contributed by atoms with van der Waals surface area (Å²) in [7, 11) is 0. The molecule has 0 unspecified atom stereocenters. The zero-order valence-corrected chi connectivity index (χ0v) is 15.6. The summed E-state index contributed by atoms with van der Waals surface area (Å²) < 4.78 is 7.02. The molecule has 3 heterocycles. The van der Waals surface area contributed by atoms with Gasteiger partial charge in [-0.15, -0.1) is 0 Å². The molecule has 0 radical (unpaired) electrons. The standard InChI is InChI=1S/C17H28N6O3/c1-17(2,22-7-9-26-10-8-22)16(25)20-14-3-5-21(11-14)15(24)4-6-23-13-18-12-19-23/h12-14H,3-11H2,1-2H3,(H,20,25)/t14-/m0/s1. The third kappa shape index (κ3) is 4.39. The number of carbonyl (C=O) groups is 2. The summed E-state index contributed by atoms with van der Waals surface area (Å²) in [4.78, 5) is 33.0. The normalized spacial score (nSPS) is 21.8. The lowest BCUT2D eigenvalue weighted by Crippen LogP contribution is -2.59. The van der Waals surface area contributed by atoms with Gasteiger partial charge in [-0.3, -0.25) is 19.2 Å². The van der Waals surface area contributed by atoms with E-state index < -0.39 is 5.54 Å². The van der Waals surface area contributed by atoms with Crippen LogP contribution in [-0.4, -0.2) is 87.4 Å². The van der Waals surface area contributed by atoms with Crippen molar-refractivity contribution in [1.82, 2.24) is 29.9 Å². The van der Waals surface area contributed by atoms with Gasteiger partial charge in [-0.1, -0.05) is 0 Å². The van der Waals surface area contributed by atoms with Gasteiger partial charge in [0.05, 0.1) is 25.3 Å². The quantitative estimate of drug-likeness (QED) is 0.731. The summed E-state index contributed by atoms with van der Waals surface area (Å²) >= 11 is 0. The van der Waals surface area contributed by atoms with E-state index in [1.807, 2.05) is 18.7 Å². The second-order valence-corrected chi connectivity index (χ2v) is 7.37. The number of amides is 2. The van der Waals surface area contributed by atoms with Gasteiger partial charge < -0.3 is 15.0 Å². The number of ether oxygens (including phenoxy) is 1. The Balaban J connectivity index is 1.45. The topological polar surface area (TPSA) is 92.6 Å². The predicted molar refractivity (Wildman–Crippen MR) is 94.2 cm³/mol. The first-order valence-corrected chi connectivity index (χ1v) is 9.21. The number of hydrogen-bond donors (Lipinski definition) is 1. The third-order valence-electron chi connectivity index (χ3n) is 5.25. The summed E-state index contributed by atoms with van der Waals surface area (Å²) in [5.41, 5.74) is -0.575. The summed E-state index contributed by atoms with van der Waals surface area (Å²) in [6, 6.07) is 0.0122. The Morgan fingerprint density at radius 1 is 1.27 bits per heavy atom. The van der Waals surface area contributed by atoms with Gasteiger partial charge in [0.2, 0.25) is 11.8 Å². The van der Waals surface area contributed by atoms with Crippen LogP contribution in [0.15, 0.2) is 12.7 Å². The van der Waals surface area contributed by atoms with E-state index in [0.717, 1.165) is 19.5 Å². The molecular weight excluding hydrogens is 336 g/mol. The van der Waals surface area contributed by atoms with Gasteiger partial charge in [0.1, 0.15) is 12.7 Å². The number of aryl methyl sites for hydroxylation is 1. The number of morpholine rings is 1. The molecule has 0 saturated carbocycles. The van der Waals surface area contributed by atoms with Crippen LogP contribution in [-0.2, 0) is 20.9 Å². The van der Waals surface area contributed by atoms with E-state index in [2.05, 4.69) is 20.3 Å². The molecular formula is C17H28N6O3. The van der Waals surface area contributed by atoms with Crippen LogP contribution >= 0.6 is 0 Å². The average Bonchev–Trinajstić information content (AvgIpc) is 3.32. The van der Waals surface area contributed by atoms with Crippen LogP contribution in [0.1, 0.15) is 26.7 Å². The highest BCUT2D eigenvalue weighted by Gasteiger charge is 2.37. The highest BCUT2D eigenvalue weighted by Crippen LogP contribution is 2.18. The van der Waals surface area contributed by atoms with Gasteiger partial charge in [-0.05, 0) is 20.3 Å². The monoisotopic (exact) mass is 364 g/mol. The second-order valence-electron chi connectivity index (χ2n) is 7.37. The van der Waals surface area contributed by atoms with Crippen LogP contribution < -0.4 is 5.32 Å². The molecule has 0 aromatic carbocycles. The van der Waals surface area contributed by atoms with Crippen molar-refractivity contribution in [3.05, 3.63) is 12.7 Å². The van der Waals surface area contributed by atoms with Crippen molar-refractivity contribution in [1.29, 1.82) is 0 Å². The molecule has 2 saturated heterocycles. The maximum Gasteiger partial charge on any atom is 0.240 e. The molecule has 2 aliphatic heterocycles. The Morgan fingerprint density at radius 3 is 2.73 bits per heavy atom. The van der Waals surface area contributed by atoms with E-state index in [9.17, 15) is 9.59 Å². The number of nitrogens with one attached hydrogen (secondary N) is 1. The minimum atomic E-state index is -0.575. The molecule has 2 fully saturated rings. The van der Waals surface area contributed by atoms with Crippen molar-refractivity contribution in [3.8, 4) is 0 Å². The van der Waals surface area contributed by atoms with Crippen LogP contribution in [0.25, 0.3) is 0 Å². The molecule has 1 aromatic heterocycles. The highest BCUT2D eigenvalue weighted by molar-refractivity contribution is 5.86. The number of aromatic nitrogens is 3. The highest BCUT2D eigenvalue weighted by atomic mass is 16.5. The molecule has 0 aliphatic carbocycles. The van der Waals surface area contributed by atoms with E-state index in [1.54, 1.807) is 11.0 Å². The van der Waals surface area contributed by atoms with Crippen molar-refractivity contribution in [2.24, 2.45) is 0 Å². The third-order valence-corrected chi connectivity index (χ3v) is 5.25. The summed E-state index contributed by atoms with van der Waals surface area (Å²) in [5.74, 6) is 0.103. The Morgan fingerprint density at radius 2 is 2.04 bits per heavy atom. The number of rotatable bonds is 6. The Bertz CT molecular complexity index is 612. The molecule has 9 nitrogen and oxygen atoms in total. The van der Waals surface area contributed by atoms with Crippen LogP contribution in [0.2, 0.25) is 0 Å². The van der Waals surface area contributed by atoms with E-state index in [1.165, 1.54) is 6.33 Å². The lowest BCUT2D eigenvalue weighted by Gasteiger charge is -2.39. The van der Waals surface area contributed by atoms with Crippen molar-refractivity contribution in [3.63, 3.8) is 0 Å².